The highest BCUT2D eigenvalue weighted by Gasteiger charge is 2.28. The van der Waals surface area contributed by atoms with Crippen LogP contribution in [0.2, 0.25) is 0 Å². The van der Waals surface area contributed by atoms with E-state index < -0.39 is 0 Å². The van der Waals surface area contributed by atoms with Gasteiger partial charge in [-0.3, -0.25) is 4.99 Å². The zero-order chi connectivity index (χ0) is 17.6. The number of aliphatic imine (C=N–C) groups is 1. The summed E-state index contributed by atoms with van der Waals surface area (Å²) in [5.74, 6) is -0.246. The number of halogens is 1. The van der Waals surface area contributed by atoms with Crippen molar-refractivity contribution in [1.82, 2.24) is 14.7 Å². The van der Waals surface area contributed by atoms with E-state index in [0.717, 1.165) is 42.9 Å². The molecule has 0 radical (unpaired) electrons. The molecule has 6 heteroatoms. The van der Waals surface area contributed by atoms with Gasteiger partial charge in [-0.15, -0.1) is 0 Å². The predicted octanol–water partition coefficient (Wildman–Crippen LogP) is 3.07. The molecular formula is C19H24FN5. The minimum atomic E-state index is -0.246. The molecule has 0 saturated carbocycles. The Kier molecular flexibility index (Phi) is 4.07. The third-order valence-electron chi connectivity index (χ3n) is 4.85. The van der Waals surface area contributed by atoms with Crippen LogP contribution in [-0.4, -0.2) is 40.3 Å². The van der Waals surface area contributed by atoms with E-state index in [9.17, 15) is 0 Å². The monoisotopic (exact) mass is 341 g/mol. The Morgan fingerprint density at radius 1 is 1.20 bits per heavy atom. The lowest BCUT2D eigenvalue weighted by Crippen LogP contribution is -2.54. The molecule has 0 aliphatic carbocycles. The van der Waals surface area contributed by atoms with Crippen molar-refractivity contribution >= 4 is 17.0 Å². The highest BCUT2D eigenvalue weighted by molar-refractivity contribution is 6.06. The number of aromatic nitrogens is 2. The van der Waals surface area contributed by atoms with E-state index in [1.807, 2.05) is 31.6 Å². The van der Waals surface area contributed by atoms with Crippen molar-refractivity contribution in [3.8, 4) is 0 Å². The minimum absolute atomic E-state index is 0.246. The Labute approximate surface area is 147 Å². The maximum absolute atomic E-state index is 15.5. The average molecular weight is 341 g/mol. The molecule has 2 atom stereocenters. The SMILES string of the molecule is Cc1cn2cc(C3=NC=CCC3)c(N3C[C@@H](C)N[C@@H](C)C3)c(F)c2n1. The zero-order valence-electron chi connectivity index (χ0n) is 15.0. The molecule has 2 aliphatic heterocycles. The van der Waals surface area contributed by atoms with Crippen LogP contribution in [0, 0.1) is 12.7 Å². The van der Waals surface area contributed by atoms with Crippen LogP contribution in [0.25, 0.3) is 5.65 Å². The topological polar surface area (TPSA) is 44.9 Å². The van der Waals surface area contributed by atoms with Crippen molar-refractivity contribution in [3.63, 3.8) is 0 Å². The summed E-state index contributed by atoms with van der Waals surface area (Å²) < 4.78 is 17.3. The highest BCUT2D eigenvalue weighted by atomic mass is 19.1. The van der Waals surface area contributed by atoms with Gasteiger partial charge in [0.2, 0.25) is 0 Å². The number of rotatable bonds is 2. The Morgan fingerprint density at radius 3 is 2.64 bits per heavy atom. The molecule has 132 valence electrons. The van der Waals surface area contributed by atoms with Crippen LogP contribution in [0.3, 0.4) is 0 Å². The number of aryl methyl sites for hydroxylation is 1. The van der Waals surface area contributed by atoms with Crippen LogP contribution >= 0.6 is 0 Å². The van der Waals surface area contributed by atoms with E-state index in [-0.39, 0.29) is 5.82 Å². The largest absolute Gasteiger partial charge is 0.365 e. The fourth-order valence-electron chi connectivity index (χ4n) is 3.94. The number of hydrogen-bond acceptors (Lipinski definition) is 4. The molecule has 5 nitrogen and oxygen atoms in total. The molecule has 2 aromatic rings. The van der Waals surface area contributed by atoms with Crippen LogP contribution < -0.4 is 10.2 Å². The van der Waals surface area contributed by atoms with Crippen LogP contribution in [0.15, 0.2) is 29.7 Å². The van der Waals surface area contributed by atoms with E-state index >= 15 is 4.39 Å². The van der Waals surface area contributed by atoms with Gasteiger partial charge in [0, 0.05) is 49.3 Å². The average Bonchev–Trinajstić information content (AvgIpc) is 2.95. The number of nitrogens with zero attached hydrogens (tertiary/aromatic N) is 4. The number of pyridine rings is 1. The van der Waals surface area contributed by atoms with Crippen LogP contribution in [0.1, 0.15) is 37.9 Å². The molecule has 0 amide bonds. The minimum Gasteiger partial charge on any atom is -0.365 e. The fraction of sp³-hybridized carbons (Fsp3) is 0.474. The molecule has 1 saturated heterocycles. The lowest BCUT2D eigenvalue weighted by Gasteiger charge is -2.38. The van der Waals surface area contributed by atoms with Crippen molar-refractivity contribution < 1.29 is 4.39 Å². The Morgan fingerprint density at radius 2 is 1.96 bits per heavy atom. The number of hydrogen-bond donors (Lipinski definition) is 1. The van der Waals surface area contributed by atoms with Gasteiger partial charge in [0.1, 0.15) is 0 Å². The van der Waals surface area contributed by atoms with E-state index in [4.69, 9.17) is 0 Å². The van der Waals surface area contributed by atoms with Gasteiger partial charge in [-0.2, -0.15) is 0 Å². The van der Waals surface area contributed by atoms with Crippen molar-refractivity contribution in [2.75, 3.05) is 18.0 Å². The number of anilines is 1. The zero-order valence-corrected chi connectivity index (χ0v) is 15.0. The Hall–Kier alpha value is -2.21. The molecule has 1 fully saturated rings. The summed E-state index contributed by atoms with van der Waals surface area (Å²) in [6.07, 6.45) is 9.51. The molecule has 0 bridgehead atoms. The Bertz CT molecular complexity index is 856. The first-order valence-electron chi connectivity index (χ1n) is 8.94. The maximum atomic E-state index is 15.5. The lowest BCUT2D eigenvalue weighted by atomic mass is 10.0. The van der Waals surface area contributed by atoms with Gasteiger partial charge >= 0.3 is 0 Å². The van der Waals surface area contributed by atoms with Crippen molar-refractivity contribution in [1.29, 1.82) is 0 Å². The summed E-state index contributed by atoms with van der Waals surface area (Å²) in [7, 11) is 0. The van der Waals surface area contributed by atoms with Gasteiger partial charge in [0.05, 0.1) is 17.1 Å². The summed E-state index contributed by atoms with van der Waals surface area (Å²) in [6.45, 7) is 7.71. The van der Waals surface area contributed by atoms with Crippen LogP contribution in [-0.2, 0) is 0 Å². The van der Waals surface area contributed by atoms with Crippen molar-refractivity contribution in [3.05, 3.63) is 41.7 Å². The lowest BCUT2D eigenvalue weighted by molar-refractivity contribution is 0.404. The fourth-order valence-corrected chi connectivity index (χ4v) is 3.94. The van der Waals surface area contributed by atoms with Gasteiger partial charge in [-0.1, -0.05) is 6.08 Å². The van der Waals surface area contributed by atoms with E-state index in [1.54, 1.807) is 4.40 Å². The quantitative estimate of drug-likeness (QED) is 0.913. The van der Waals surface area contributed by atoms with Crippen LogP contribution in [0.5, 0.6) is 0 Å². The number of allylic oxidation sites excluding steroid dienone is 1. The second-order valence-corrected chi connectivity index (χ2v) is 7.19. The normalized spacial score (nSPS) is 24.0. The van der Waals surface area contributed by atoms with Crippen molar-refractivity contribution in [2.24, 2.45) is 4.99 Å². The molecule has 2 aromatic heterocycles. The van der Waals surface area contributed by atoms with Gasteiger partial charge in [-0.05, 0) is 33.6 Å². The van der Waals surface area contributed by atoms with Gasteiger partial charge in [-0.25, -0.2) is 9.37 Å². The first-order valence-corrected chi connectivity index (χ1v) is 8.94. The molecule has 25 heavy (non-hydrogen) atoms. The first kappa shape index (κ1) is 16.3. The summed E-state index contributed by atoms with van der Waals surface area (Å²) >= 11 is 0. The number of fused-ring (bicyclic) bond motifs is 1. The summed E-state index contributed by atoms with van der Waals surface area (Å²) in [6, 6.07) is 0.615. The predicted molar refractivity (Wildman–Crippen MR) is 99.1 cm³/mol. The second kappa shape index (κ2) is 6.26. The van der Waals surface area contributed by atoms with Crippen LogP contribution in [0.4, 0.5) is 10.1 Å². The van der Waals surface area contributed by atoms with E-state index in [0.29, 0.717) is 23.4 Å². The van der Waals surface area contributed by atoms with Crippen molar-refractivity contribution in [2.45, 2.75) is 45.7 Å². The van der Waals surface area contributed by atoms with Gasteiger partial charge in [0.15, 0.2) is 11.5 Å². The summed E-state index contributed by atoms with van der Waals surface area (Å²) in [5, 5.41) is 3.51. The van der Waals surface area contributed by atoms with Gasteiger partial charge in [0.25, 0.3) is 0 Å². The maximum Gasteiger partial charge on any atom is 0.190 e. The molecule has 0 spiro atoms. The molecule has 4 heterocycles. The third-order valence-corrected chi connectivity index (χ3v) is 4.85. The summed E-state index contributed by atoms with van der Waals surface area (Å²) in [4.78, 5) is 11.1. The standard InChI is InChI=1S/C19H24FN5/c1-12-8-24(9-13(2)22-12)18-15(16-6-4-5-7-21-16)11-25-10-14(3)23-19(25)17(18)20/h5,7,10-13,22H,4,6,8-9H2,1-3H3/t12-,13+. The number of nitrogens with one attached hydrogen (secondary N) is 1. The third kappa shape index (κ3) is 2.95. The highest BCUT2D eigenvalue weighted by Crippen LogP contribution is 2.31. The van der Waals surface area contributed by atoms with E-state index in [1.165, 1.54) is 0 Å². The summed E-state index contributed by atoms with van der Waals surface area (Å²) in [5.41, 5.74) is 3.68. The molecule has 1 N–H and O–H groups in total. The molecular weight excluding hydrogens is 317 g/mol. The smallest absolute Gasteiger partial charge is 0.190 e. The van der Waals surface area contributed by atoms with Gasteiger partial charge < -0.3 is 14.6 Å². The Balaban J connectivity index is 1.91. The molecule has 2 aliphatic rings. The molecule has 0 aromatic carbocycles. The van der Waals surface area contributed by atoms with E-state index in [2.05, 4.69) is 34.0 Å². The second-order valence-electron chi connectivity index (χ2n) is 7.19. The number of imidazole rings is 1. The number of piperazine rings is 1. The molecule has 0 unspecified atom stereocenters. The first-order chi connectivity index (χ1) is 12.0. The molecule has 4 rings (SSSR count).